The summed E-state index contributed by atoms with van der Waals surface area (Å²) in [7, 11) is 1.59. The predicted octanol–water partition coefficient (Wildman–Crippen LogP) is 3.10. The van der Waals surface area contributed by atoms with Gasteiger partial charge < -0.3 is 10.1 Å². The molecule has 26 heavy (non-hydrogen) atoms. The van der Waals surface area contributed by atoms with E-state index in [1.54, 1.807) is 17.9 Å². The second kappa shape index (κ2) is 8.48. The molecule has 0 aliphatic carbocycles. The Morgan fingerprint density at radius 2 is 2.08 bits per heavy atom. The first-order valence-electron chi connectivity index (χ1n) is 8.08. The van der Waals surface area contributed by atoms with Gasteiger partial charge in [-0.15, -0.1) is 5.10 Å². The normalized spacial score (nSPS) is 10.5. The van der Waals surface area contributed by atoms with Gasteiger partial charge in [0.05, 0.1) is 12.8 Å². The topological polar surface area (TPSA) is 81.9 Å². The number of amides is 1. The Morgan fingerprint density at radius 3 is 2.88 bits per heavy atom. The number of nitrogens with one attached hydrogen (secondary N) is 1. The summed E-state index contributed by atoms with van der Waals surface area (Å²) < 4.78 is 6.85. The average molecular weight is 369 g/mol. The minimum absolute atomic E-state index is 0.0688. The number of hydrogen-bond donors (Lipinski definition) is 1. The number of para-hydroxylation sites is 1. The van der Waals surface area contributed by atoms with Crippen molar-refractivity contribution in [2.75, 3.05) is 18.2 Å². The molecule has 134 valence electrons. The van der Waals surface area contributed by atoms with E-state index in [1.807, 2.05) is 49.4 Å². The fourth-order valence-corrected chi connectivity index (χ4v) is 3.20. The van der Waals surface area contributed by atoms with Gasteiger partial charge in [0.25, 0.3) is 0 Å². The lowest BCUT2D eigenvalue weighted by molar-refractivity contribution is -0.115. The molecule has 8 heteroatoms. The van der Waals surface area contributed by atoms with Crippen LogP contribution >= 0.6 is 11.8 Å². The molecule has 0 bridgehead atoms. The predicted molar refractivity (Wildman–Crippen MR) is 101 cm³/mol. The lowest BCUT2D eigenvalue weighted by Crippen LogP contribution is -2.12. The van der Waals surface area contributed by atoms with Gasteiger partial charge in [0.15, 0.2) is 0 Å². The molecule has 0 aliphatic heterocycles. The summed E-state index contributed by atoms with van der Waals surface area (Å²) in [6, 6.07) is 15.2. The van der Waals surface area contributed by atoms with E-state index in [1.165, 1.54) is 11.8 Å². The zero-order chi connectivity index (χ0) is 18.4. The van der Waals surface area contributed by atoms with Crippen molar-refractivity contribution in [2.24, 2.45) is 0 Å². The summed E-state index contributed by atoms with van der Waals surface area (Å²) in [6.45, 7) is 2.01. The summed E-state index contributed by atoms with van der Waals surface area (Å²) >= 11 is 1.45. The third kappa shape index (κ3) is 4.40. The Hall–Kier alpha value is -2.87. The quantitative estimate of drug-likeness (QED) is 0.645. The van der Waals surface area contributed by atoms with E-state index in [4.69, 9.17) is 4.74 Å². The molecular formula is C18H19N5O2S. The zero-order valence-corrected chi connectivity index (χ0v) is 15.4. The maximum Gasteiger partial charge on any atom is 0.225 e. The Labute approximate surface area is 155 Å². The molecular weight excluding hydrogens is 350 g/mol. The van der Waals surface area contributed by atoms with Crippen LogP contribution in [-0.4, -0.2) is 39.0 Å². The first-order chi connectivity index (χ1) is 12.7. The number of thioether (sulfide) groups is 1. The number of carbonyl (C=O) groups is 1. The number of nitrogens with zero attached hydrogens (tertiary/aromatic N) is 4. The summed E-state index contributed by atoms with van der Waals surface area (Å²) in [6.07, 6.45) is 0.350. The molecule has 3 rings (SSSR count). The van der Waals surface area contributed by atoms with Crippen molar-refractivity contribution in [2.45, 2.75) is 18.5 Å². The van der Waals surface area contributed by atoms with E-state index in [-0.39, 0.29) is 5.91 Å². The fraction of sp³-hybridized carbons (Fsp3) is 0.222. The van der Waals surface area contributed by atoms with Crippen LogP contribution in [0.4, 0.5) is 5.69 Å². The molecule has 0 spiro atoms. The van der Waals surface area contributed by atoms with Gasteiger partial charge >= 0.3 is 0 Å². The van der Waals surface area contributed by atoms with Crippen LogP contribution in [0.1, 0.15) is 12.0 Å². The number of aryl methyl sites for hydroxylation is 1. The fourth-order valence-electron chi connectivity index (χ4n) is 2.38. The van der Waals surface area contributed by atoms with Crippen LogP contribution in [-0.2, 0) is 4.79 Å². The van der Waals surface area contributed by atoms with Crippen molar-refractivity contribution in [1.29, 1.82) is 0 Å². The number of methoxy groups -OCH3 is 1. The Balaban J connectivity index is 1.56. The average Bonchev–Trinajstić information content (AvgIpc) is 3.10. The molecule has 0 fully saturated rings. The van der Waals surface area contributed by atoms with E-state index in [9.17, 15) is 4.79 Å². The Morgan fingerprint density at radius 1 is 1.23 bits per heavy atom. The van der Waals surface area contributed by atoms with E-state index < -0.39 is 0 Å². The Kier molecular flexibility index (Phi) is 5.85. The SMILES string of the molecule is COc1cccc(NC(=O)CCSc2nnnn2-c2ccccc2C)c1. The number of rotatable bonds is 7. The van der Waals surface area contributed by atoms with Gasteiger partial charge in [0, 0.05) is 23.9 Å². The van der Waals surface area contributed by atoms with Crippen molar-refractivity contribution < 1.29 is 9.53 Å². The number of tetrazole rings is 1. The third-order valence-electron chi connectivity index (χ3n) is 3.70. The van der Waals surface area contributed by atoms with E-state index in [0.717, 1.165) is 11.3 Å². The first kappa shape index (κ1) is 17.9. The van der Waals surface area contributed by atoms with E-state index in [2.05, 4.69) is 20.8 Å². The van der Waals surface area contributed by atoms with Crippen molar-refractivity contribution in [3.05, 3.63) is 54.1 Å². The molecule has 0 unspecified atom stereocenters. The lowest BCUT2D eigenvalue weighted by atomic mass is 10.2. The lowest BCUT2D eigenvalue weighted by Gasteiger charge is -2.08. The van der Waals surface area contributed by atoms with E-state index >= 15 is 0 Å². The summed E-state index contributed by atoms with van der Waals surface area (Å²) in [5, 5.41) is 15.4. The van der Waals surface area contributed by atoms with Gasteiger partial charge in [-0.2, -0.15) is 4.68 Å². The highest BCUT2D eigenvalue weighted by atomic mass is 32.2. The molecule has 7 nitrogen and oxygen atoms in total. The second-order valence-electron chi connectivity index (χ2n) is 5.54. The highest BCUT2D eigenvalue weighted by molar-refractivity contribution is 7.99. The molecule has 0 radical (unpaired) electrons. The molecule has 0 atom stereocenters. The minimum atomic E-state index is -0.0688. The molecule has 1 amide bonds. The smallest absolute Gasteiger partial charge is 0.225 e. The summed E-state index contributed by atoms with van der Waals surface area (Å²) in [5.74, 6) is 1.21. The van der Waals surface area contributed by atoms with Crippen LogP contribution in [0.25, 0.3) is 5.69 Å². The highest BCUT2D eigenvalue weighted by Gasteiger charge is 2.12. The van der Waals surface area contributed by atoms with Gasteiger partial charge in [-0.3, -0.25) is 4.79 Å². The molecule has 1 heterocycles. The zero-order valence-electron chi connectivity index (χ0n) is 14.5. The number of carbonyl (C=O) groups excluding carboxylic acids is 1. The van der Waals surface area contributed by atoms with Gasteiger partial charge in [-0.25, -0.2) is 0 Å². The third-order valence-corrected chi connectivity index (χ3v) is 4.62. The van der Waals surface area contributed by atoms with Gasteiger partial charge in [-0.1, -0.05) is 36.0 Å². The summed E-state index contributed by atoms with van der Waals surface area (Å²) in [4.78, 5) is 12.1. The first-order valence-corrected chi connectivity index (χ1v) is 9.07. The molecule has 0 aliphatic rings. The van der Waals surface area contributed by atoms with Crippen LogP contribution in [0.3, 0.4) is 0 Å². The molecule has 0 saturated heterocycles. The highest BCUT2D eigenvalue weighted by Crippen LogP contribution is 2.21. The van der Waals surface area contributed by atoms with Crippen LogP contribution in [0, 0.1) is 6.92 Å². The van der Waals surface area contributed by atoms with Crippen molar-refractivity contribution >= 4 is 23.4 Å². The second-order valence-corrected chi connectivity index (χ2v) is 6.60. The van der Waals surface area contributed by atoms with Crippen molar-refractivity contribution in [3.8, 4) is 11.4 Å². The standard InChI is InChI=1S/C18H19N5O2S/c1-13-6-3-4-9-16(13)23-18(20-21-22-23)26-11-10-17(24)19-14-7-5-8-15(12-14)25-2/h3-9,12H,10-11H2,1-2H3,(H,19,24). The summed E-state index contributed by atoms with van der Waals surface area (Å²) in [5.41, 5.74) is 2.72. The molecule has 1 aromatic heterocycles. The number of aromatic nitrogens is 4. The van der Waals surface area contributed by atoms with Gasteiger partial charge in [0.1, 0.15) is 5.75 Å². The maximum absolute atomic E-state index is 12.1. The number of hydrogen-bond acceptors (Lipinski definition) is 6. The Bertz CT molecular complexity index is 897. The minimum Gasteiger partial charge on any atom is -0.497 e. The van der Waals surface area contributed by atoms with Crippen LogP contribution < -0.4 is 10.1 Å². The van der Waals surface area contributed by atoms with Crippen molar-refractivity contribution in [1.82, 2.24) is 20.2 Å². The largest absolute Gasteiger partial charge is 0.497 e. The molecule has 0 saturated carbocycles. The maximum atomic E-state index is 12.1. The van der Waals surface area contributed by atoms with Crippen LogP contribution in [0.2, 0.25) is 0 Å². The monoisotopic (exact) mass is 369 g/mol. The van der Waals surface area contributed by atoms with Crippen molar-refractivity contribution in [3.63, 3.8) is 0 Å². The number of ether oxygens (including phenoxy) is 1. The van der Waals surface area contributed by atoms with Crippen LogP contribution in [0.15, 0.2) is 53.7 Å². The van der Waals surface area contributed by atoms with Gasteiger partial charge in [0.2, 0.25) is 11.1 Å². The molecule has 3 aromatic rings. The number of anilines is 1. The molecule has 2 aromatic carbocycles. The van der Waals surface area contributed by atoms with Crippen LogP contribution in [0.5, 0.6) is 5.75 Å². The van der Waals surface area contributed by atoms with Gasteiger partial charge in [-0.05, 0) is 41.1 Å². The number of benzene rings is 2. The molecule has 1 N–H and O–H groups in total. The van der Waals surface area contributed by atoms with E-state index in [0.29, 0.717) is 28.8 Å².